The number of aliphatic hydroxyl groups excluding tert-OH is 1. The minimum Gasteiger partial charge on any atom is -0.388 e. The van der Waals surface area contributed by atoms with Gasteiger partial charge in [-0.3, -0.25) is 0 Å². The average molecular weight is 272 g/mol. The molecule has 20 heavy (non-hydrogen) atoms. The lowest BCUT2D eigenvalue weighted by atomic mass is 9.97. The third-order valence-corrected chi connectivity index (χ3v) is 3.33. The summed E-state index contributed by atoms with van der Waals surface area (Å²) < 4.78 is 13.1. The first-order chi connectivity index (χ1) is 9.54. The summed E-state index contributed by atoms with van der Waals surface area (Å²) in [6.45, 7) is 4.37. The van der Waals surface area contributed by atoms with Gasteiger partial charge in [-0.05, 0) is 41.2 Å². The number of hydrogen-bond donors (Lipinski definition) is 1. The Kier molecular flexibility index (Phi) is 4.91. The molecule has 2 aromatic rings. The van der Waals surface area contributed by atoms with Gasteiger partial charge in [-0.15, -0.1) is 0 Å². The molecule has 0 fully saturated rings. The highest BCUT2D eigenvalue weighted by atomic mass is 19.1. The molecule has 0 saturated carbocycles. The Hall–Kier alpha value is -1.67. The van der Waals surface area contributed by atoms with E-state index in [-0.39, 0.29) is 5.82 Å². The van der Waals surface area contributed by atoms with Crippen LogP contribution in [0.2, 0.25) is 0 Å². The zero-order chi connectivity index (χ0) is 14.5. The molecule has 1 unspecified atom stereocenters. The summed E-state index contributed by atoms with van der Waals surface area (Å²) in [5, 5.41) is 10.2. The van der Waals surface area contributed by atoms with Crippen LogP contribution in [0.4, 0.5) is 4.39 Å². The van der Waals surface area contributed by atoms with Crippen molar-refractivity contribution in [2.24, 2.45) is 5.92 Å². The van der Waals surface area contributed by atoms with Crippen molar-refractivity contribution in [1.82, 2.24) is 0 Å². The van der Waals surface area contributed by atoms with E-state index in [4.69, 9.17) is 0 Å². The van der Waals surface area contributed by atoms with Crippen molar-refractivity contribution in [3.63, 3.8) is 0 Å². The maximum absolute atomic E-state index is 13.1. The Morgan fingerprint density at radius 3 is 2.25 bits per heavy atom. The van der Waals surface area contributed by atoms with Gasteiger partial charge in [0.05, 0.1) is 6.10 Å². The normalized spacial score (nSPS) is 12.7. The predicted molar refractivity (Wildman–Crippen MR) is 80.0 cm³/mol. The second-order valence-electron chi connectivity index (χ2n) is 5.69. The van der Waals surface area contributed by atoms with Gasteiger partial charge in [0, 0.05) is 6.42 Å². The van der Waals surface area contributed by atoms with E-state index in [2.05, 4.69) is 26.0 Å². The molecule has 2 rings (SSSR count). The van der Waals surface area contributed by atoms with Crippen molar-refractivity contribution in [2.75, 3.05) is 0 Å². The molecular formula is C18H21FO. The van der Waals surface area contributed by atoms with E-state index in [1.807, 2.05) is 18.2 Å². The number of halogens is 1. The van der Waals surface area contributed by atoms with Crippen molar-refractivity contribution in [3.8, 4) is 0 Å². The van der Waals surface area contributed by atoms with E-state index in [1.54, 1.807) is 6.07 Å². The van der Waals surface area contributed by atoms with Crippen LogP contribution in [0.5, 0.6) is 0 Å². The molecule has 1 atom stereocenters. The van der Waals surface area contributed by atoms with Crippen LogP contribution in [-0.4, -0.2) is 5.11 Å². The van der Waals surface area contributed by atoms with Crippen LogP contribution >= 0.6 is 0 Å². The summed E-state index contributed by atoms with van der Waals surface area (Å²) in [4.78, 5) is 0. The van der Waals surface area contributed by atoms with E-state index < -0.39 is 6.10 Å². The summed E-state index contributed by atoms with van der Waals surface area (Å²) in [6, 6.07) is 14.4. The minimum atomic E-state index is -0.593. The maximum Gasteiger partial charge on any atom is 0.123 e. The van der Waals surface area contributed by atoms with Crippen molar-refractivity contribution in [2.45, 2.75) is 32.8 Å². The lowest BCUT2D eigenvalue weighted by Gasteiger charge is -2.12. The highest BCUT2D eigenvalue weighted by molar-refractivity contribution is 5.26. The highest BCUT2D eigenvalue weighted by Gasteiger charge is 2.09. The van der Waals surface area contributed by atoms with Crippen molar-refractivity contribution in [3.05, 3.63) is 71.0 Å². The van der Waals surface area contributed by atoms with E-state index in [0.29, 0.717) is 12.3 Å². The van der Waals surface area contributed by atoms with Crippen molar-refractivity contribution < 1.29 is 9.50 Å². The van der Waals surface area contributed by atoms with E-state index >= 15 is 0 Å². The Labute approximate surface area is 120 Å². The predicted octanol–water partition coefficient (Wildman–Crippen LogP) is 4.30. The number of benzene rings is 2. The second-order valence-corrected chi connectivity index (χ2v) is 5.69. The van der Waals surface area contributed by atoms with Gasteiger partial charge in [0.1, 0.15) is 5.82 Å². The Morgan fingerprint density at radius 2 is 1.65 bits per heavy atom. The molecule has 2 aromatic carbocycles. The van der Waals surface area contributed by atoms with Gasteiger partial charge in [-0.1, -0.05) is 50.2 Å². The smallest absolute Gasteiger partial charge is 0.123 e. The zero-order valence-electron chi connectivity index (χ0n) is 12.0. The van der Waals surface area contributed by atoms with Crippen LogP contribution in [0.15, 0.2) is 48.5 Å². The molecule has 0 spiro atoms. The topological polar surface area (TPSA) is 20.2 Å². The minimum absolute atomic E-state index is 0.262. The molecule has 106 valence electrons. The lowest BCUT2D eigenvalue weighted by molar-refractivity contribution is 0.178. The molecule has 0 radical (unpaired) electrons. The molecule has 2 heteroatoms. The summed E-state index contributed by atoms with van der Waals surface area (Å²) in [6.07, 6.45) is 0.881. The molecule has 0 heterocycles. The van der Waals surface area contributed by atoms with Crippen LogP contribution in [0.25, 0.3) is 0 Å². The van der Waals surface area contributed by atoms with E-state index in [0.717, 1.165) is 17.5 Å². The molecule has 0 aromatic heterocycles. The van der Waals surface area contributed by atoms with Crippen LogP contribution in [-0.2, 0) is 12.8 Å². The molecule has 1 nitrogen and oxygen atoms in total. The fourth-order valence-corrected chi connectivity index (χ4v) is 2.35. The lowest BCUT2D eigenvalue weighted by Crippen LogP contribution is -2.02. The molecule has 0 aliphatic rings. The van der Waals surface area contributed by atoms with Gasteiger partial charge >= 0.3 is 0 Å². The van der Waals surface area contributed by atoms with Gasteiger partial charge in [0.25, 0.3) is 0 Å². The van der Waals surface area contributed by atoms with Crippen LogP contribution in [0, 0.1) is 11.7 Å². The van der Waals surface area contributed by atoms with Gasteiger partial charge < -0.3 is 5.11 Å². The fourth-order valence-electron chi connectivity index (χ4n) is 2.35. The summed E-state index contributed by atoms with van der Waals surface area (Å²) in [7, 11) is 0. The number of rotatable bonds is 5. The Morgan fingerprint density at radius 1 is 0.950 bits per heavy atom. The van der Waals surface area contributed by atoms with Gasteiger partial charge in [-0.25, -0.2) is 4.39 Å². The molecule has 0 aliphatic heterocycles. The van der Waals surface area contributed by atoms with Crippen LogP contribution < -0.4 is 0 Å². The molecule has 0 aliphatic carbocycles. The first-order valence-electron chi connectivity index (χ1n) is 7.06. The van der Waals surface area contributed by atoms with Crippen LogP contribution in [0.1, 0.15) is 36.6 Å². The first kappa shape index (κ1) is 14.7. The third-order valence-electron chi connectivity index (χ3n) is 3.33. The standard InChI is InChI=1S/C18H21FO/c1-13(2)10-14-6-8-16(9-7-14)18(20)12-15-4-3-5-17(19)11-15/h3-9,11,13,18,20H,10,12H2,1-2H3. The highest BCUT2D eigenvalue weighted by Crippen LogP contribution is 2.20. The number of hydrogen-bond acceptors (Lipinski definition) is 1. The fraction of sp³-hybridized carbons (Fsp3) is 0.333. The monoisotopic (exact) mass is 272 g/mol. The van der Waals surface area contributed by atoms with Gasteiger partial charge in [-0.2, -0.15) is 0 Å². The Bertz CT molecular complexity index is 546. The van der Waals surface area contributed by atoms with Crippen molar-refractivity contribution >= 4 is 0 Å². The van der Waals surface area contributed by atoms with Crippen molar-refractivity contribution in [1.29, 1.82) is 0 Å². The molecule has 0 bridgehead atoms. The van der Waals surface area contributed by atoms with E-state index in [1.165, 1.54) is 17.7 Å². The maximum atomic E-state index is 13.1. The number of aliphatic hydroxyl groups is 1. The third kappa shape index (κ3) is 4.17. The largest absolute Gasteiger partial charge is 0.388 e. The molecule has 0 amide bonds. The molecular weight excluding hydrogens is 251 g/mol. The van der Waals surface area contributed by atoms with Gasteiger partial charge in [0.15, 0.2) is 0 Å². The zero-order valence-corrected chi connectivity index (χ0v) is 12.0. The van der Waals surface area contributed by atoms with E-state index in [9.17, 15) is 9.50 Å². The average Bonchev–Trinajstić information content (AvgIpc) is 2.38. The molecule has 0 saturated heterocycles. The quantitative estimate of drug-likeness (QED) is 0.860. The summed E-state index contributed by atoms with van der Waals surface area (Å²) in [5.41, 5.74) is 2.97. The second kappa shape index (κ2) is 6.67. The summed E-state index contributed by atoms with van der Waals surface area (Å²) >= 11 is 0. The molecule has 1 N–H and O–H groups in total. The van der Waals surface area contributed by atoms with Crippen LogP contribution in [0.3, 0.4) is 0 Å². The van der Waals surface area contributed by atoms with Gasteiger partial charge in [0.2, 0.25) is 0 Å². The SMILES string of the molecule is CC(C)Cc1ccc(C(O)Cc2cccc(F)c2)cc1. The Balaban J connectivity index is 2.03. The first-order valence-corrected chi connectivity index (χ1v) is 7.06. The summed E-state index contributed by atoms with van der Waals surface area (Å²) in [5.74, 6) is 0.361.